The summed E-state index contributed by atoms with van der Waals surface area (Å²) in [4.78, 5) is 0. The van der Waals surface area contributed by atoms with Crippen molar-refractivity contribution in [3.63, 3.8) is 0 Å². The highest BCUT2D eigenvalue weighted by Crippen LogP contribution is 2.63. The van der Waals surface area contributed by atoms with Crippen molar-refractivity contribution in [3.8, 4) is 5.69 Å². The molecule has 1 aliphatic carbocycles. The number of para-hydroxylation sites is 1. The van der Waals surface area contributed by atoms with Gasteiger partial charge in [0.1, 0.15) is 0 Å². The maximum atomic E-state index is 5.80. The highest BCUT2D eigenvalue weighted by molar-refractivity contribution is 5.32. The Kier molecular flexibility index (Phi) is 2.48. The molecule has 2 unspecified atom stereocenters. The second kappa shape index (κ2) is 3.92. The normalized spacial score (nSPS) is 25.1. The van der Waals surface area contributed by atoms with Gasteiger partial charge < -0.3 is 5.73 Å². The fraction of sp³-hybridized carbons (Fsp3) is 0.429. The average molecular weight is 242 g/mol. The van der Waals surface area contributed by atoms with E-state index in [1.54, 1.807) is 0 Å². The van der Waals surface area contributed by atoms with Crippen LogP contribution in [-0.4, -0.2) is 21.5 Å². The van der Waals surface area contributed by atoms with E-state index in [9.17, 15) is 0 Å². The lowest BCUT2D eigenvalue weighted by atomic mass is 10.1. The van der Waals surface area contributed by atoms with Gasteiger partial charge in [0.25, 0.3) is 0 Å². The number of benzene rings is 1. The molecule has 1 aliphatic rings. The van der Waals surface area contributed by atoms with E-state index >= 15 is 0 Å². The molecule has 2 N–H and O–H groups in total. The van der Waals surface area contributed by atoms with Crippen molar-refractivity contribution in [1.82, 2.24) is 15.0 Å². The second-order valence-electron chi connectivity index (χ2n) is 5.56. The Hall–Kier alpha value is -1.68. The molecule has 1 fully saturated rings. The van der Waals surface area contributed by atoms with Crippen LogP contribution in [-0.2, 0) is 0 Å². The standard InChI is InChI=1S/C14H18N4/c1-14(2)11(8-15)13(14)12-9-18(17-16-12)10-6-4-3-5-7-10/h3-7,9,11,13H,8,15H2,1-2H3. The molecule has 3 rings (SSSR count). The molecule has 94 valence electrons. The van der Waals surface area contributed by atoms with Gasteiger partial charge in [-0.05, 0) is 30.0 Å². The van der Waals surface area contributed by atoms with Gasteiger partial charge in [-0.2, -0.15) is 0 Å². The van der Waals surface area contributed by atoms with E-state index in [4.69, 9.17) is 5.73 Å². The Bertz CT molecular complexity index is 544. The highest BCUT2D eigenvalue weighted by atomic mass is 15.4. The monoisotopic (exact) mass is 242 g/mol. The first-order chi connectivity index (χ1) is 8.64. The highest BCUT2D eigenvalue weighted by Gasteiger charge is 2.58. The molecule has 2 aromatic rings. The first-order valence-electron chi connectivity index (χ1n) is 6.32. The van der Waals surface area contributed by atoms with E-state index in [-0.39, 0.29) is 5.41 Å². The fourth-order valence-corrected chi connectivity index (χ4v) is 2.90. The van der Waals surface area contributed by atoms with E-state index in [0.717, 1.165) is 17.9 Å². The van der Waals surface area contributed by atoms with Crippen LogP contribution in [0.15, 0.2) is 36.5 Å². The molecule has 0 bridgehead atoms. The van der Waals surface area contributed by atoms with E-state index in [1.165, 1.54) is 0 Å². The van der Waals surface area contributed by atoms with Crippen LogP contribution in [0.1, 0.15) is 25.5 Å². The van der Waals surface area contributed by atoms with Crippen LogP contribution in [0.2, 0.25) is 0 Å². The van der Waals surface area contributed by atoms with Crippen LogP contribution in [0.4, 0.5) is 0 Å². The van der Waals surface area contributed by atoms with Crippen molar-refractivity contribution in [3.05, 3.63) is 42.2 Å². The number of hydrogen-bond acceptors (Lipinski definition) is 3. The molecule has 0 aliphatic heterocycles. The van der Waals surface area contributed by atoms with Gasteiger partial charge in [-0.3, -0.25) is 0 Å². The maximum absolute atomic E-state index is 5.80. The van der Waals surface area contributed by atoms with Gasteiger partial charge in [-0.15, -0.1) is 5.10 Å². The lowest BCUT2D eigenvalue weighted by molar-refractivity contribution is 0.557. The molecular weight excluding hydrogens is 224 g/mol. The van der Waals surface area contributed by atoms with Crippen molar-refractivity contribution < 1.29 is 0 Å². The summed E-state index contributed by atoms with van der Waals surface area (Å²) in [6.07, 6.45) is 2.03. The fourth-order valence-electron chi connectivity index (χ4n) is 2.90. The largest absolute Gasteiger partial charge is 0.330 e. The van der Waals surface area contributed by atoms with Gasteiger partial charge in [-0.25, -0.2) is 4.68 Å². The zero-order valence-electron chi connectivity index (χ0n) is 10.7. The van der Waals surface area contributed by atoms with Crippen molar-refractivity contribution in [2.75, 3.05) is 6.54 Å². The van der Waals surface area contributed by atoms with Crippen LogP contribution in [0.25, 0.3) is 5.69 Å². The van der Waals surface area contributed by atoms with Crippen LogP contribution < -0.4 is 5.73 Å². The smallest absolute Gasteiger partial charge is 0.0871 e. The van der Waals surface area contributed by atoms with Crippen molar-refractivity contribution >= 4 is 0 Å². The van der Waals surface area contributed by atoms with Gasteiger partial charge in [0.15, 0.2) is 0 Å². The first-order valence-corrected chi connectivity index (χ1v) is 6.32. The Labute approximate surface area is 107 Å². The van der Waals surface area contributed by atoms with Crippen LogP contribution >= 0.6 is 0 Å². The summed E-state index contributed by atoms with van der Waals surface area (Å²) in [6, 6.07) is 10.0. The molecule has 4 heteroatoms. The molecule has 1 aromatic carbocycles. The lowest BCUT2D eigenvalue weighted by Crippen LogP contribution is -2.05. The summed E-state index contributed by atoms with van der Waals surface area (Å²) in [5.74, 6) is 0.971. The summed E-state index contributed by atoms with van der Waals surface area (Å²) < 4.78 is 1.83. The minimum Gasteiger partial charge on any atom is -0.330 e. The van der Waals surface area contributed by atoms with E-state index < -0.39 is 0 Å². The van der Waals surface area contributed by atoms with Crippen LogP contribution in [0, 0.1) is 11.3 Å². The minimum atomic E-state index is 0.256. The third-order valence-corrected chi connectivity index (χ3v) is 4.15. The molecule has 18 heavy (non-hydrogen) atoms. The molecule has 0 spiro atoms. The molecular formula is C14H18N4. The third-order valence-electron chi connectivity index (χ3n) is 4.15. The van der Waals surface area contributed by atoms with Gasteiger partial charge in [0, 0.05) is 5.92 Å². The van der Waals surface area contributed by atoms with Gasteiger partial charge in [-0.1, -0.05) is 37.3 Å². The van der Waals surface area contributed by atoms with E-state index in [2.05, 4.69) is 24.2 Å². The van der Waals surface area contributed by atoms with Crippen molar-refractivity contribution in [2.45, 2.75) is 19.8 Å². The van der Waals surface area contributed by atoms with Gasteiger partial charge >= 0.3 is 0 Å². The SMILES string of the molecule is CC1(C)C(CN)C1c1cn(-c2ccccc2)nn1. The number of aromatic nitrogens is 3. The van der Waals surface area contributed by atoms with Crippen molar-refractivity contribution in [2.24, 2.45) is 17.1 Å². The third kappa shape index (κ3) is 1.64. The zero-order chi connectivity index (χ0) is 12.8. The summed E-state index contributed by atoms with van der Waals surface area (Å²) in [6.45, 7) is 5.21. The number of rotatable bonds is 3. The van der Waals surface area contributed by atoms with Gasteiger partial charge in [0.05, 0.1) is 17.6 Å². The number of nitrogens with two attached hydrogens (primary N) is 1. The zero-order valence-corrected chi connectivity index (χ0v) is 10.7. The second-order valence-corrected chi connectivity index (χ2v) is 5.56. The summed E-state index contributed by atoms with van der Waals surface area (Å²) in [7, 11) is 0. The summed E-state index contributed by atoms with van der Waals surface area (Å²) >= 11 is 0. The van der Waals surface area contributed by atoms with E-state index in [0.29, 0.717) is 11.8 Å². The Morgan fingerprint density at radius 2 is 2.00 bits per heavy atom. The molecule has 2 atom stereocenters. The van der Waals surface area contributed by atoms with Crippen molar-refractivity contribution in [1.29, 1.82) is 0 Å². The maximum Gasteiger partial charge on any atom is 0.0871 e. The molecule has 1 heterocycles. The topological polar surface area (TPSA) is 56.7 Å². The molecule has 0 saturated heterocycles. The van der Waals surface area contributed by atoms with Gasteiger partial charge in [0.2, 0.25) is 0 Å². The van der Waals surface area contributed by atoms with Crippen LogP contribution in [0.5, 0.6) is 0 Å². The summed E-state index contributed by atoms with van der Waals surface area (Å²) in [5, 5.41) is 8.51. The predicted molar refractivity (Wildman–Crippen MR) is 70.4 cm³/mol. The Morgan fingerprint density at radius 3 is 2.61 bits per heavy atom. The van der Waals surface area contributed by atoms with E-state index in [1.807, 2.05) is 41.2 Å². The first kappa shape index (κ1) is 11.4. The number of nitrogens with zero attached hydrogens (tertiary/aromatic N) is 3. The lowest BCUT2D eigenvalue weighted by Gasteiger charge is -1.99. The molecule has 0 radical (unpaired) electrons. The summed E-state index contributed by atoms with van der Waals surface area (Å²) in [5.41, 5.74) is 8.15. The van der Waals surface area contributed by atoms with Crippen LogP contribution in [0.3, 0.4) is 0 Å². The average Bonchev–Trinajstić information content (AvgIpc) is 2.77. The number of hydrogen-bond donors (Lipinski definition) is 1. The Balaban J connectivity index is 1.88. The molecule has 1 aromatic heterocycles. The Morgan fingerprint density at radius 1 is 1.28 bits per heavy atom. The quantitative estimate of drug-likeness (QED) is 0.895. The molecule has 0 amide bonds. The minimum absolute atomic E-state index is 0.256. The predicted octanol–water partition coefficient (Wildman–Crippen LogP) is 1.97. The molecule has 4 nitrogen and oxygen atoms in total. The molecule has 1 saturated carbocycles.